The van der Waals surface area contributed by atoms with Crippen LogP contribution in [0.1, 0.15) is 71.2 Å². The number of nitrogens with zero attached hydrogens (tertiary/aromatic N) is 3. The Morgan fingerprint density at radius 3 is 2.12 bits per heavy atom. The van der Waals surface area contributed by atoms with Crippen LogP contribution in [0.3, 0.4) is 0 Å². The Morgan fingerprint density at radius 2 is 1.61 bits per heavy atom. The van der Waals surface area contributed by atoms with Crippen molar-refractivity contribution in [2.24, 2.45) is 5.92 Å². The molecule has 1 saturated heterocycles. The number of carbonyl (C=O) groups is 1. The molecule has 0 unspecified atom stereocenters. The molecule has 1 fully saturated rings. The monoisotopic (exact) mass is 474 g/mol. The molecule has 1 aromatic carbocycles. The fourth-order valence-electron chi connectivity index (χ4n) is 3.96. The molecule has 0 saturated carbocycles. The fraction of sp³-hybridized carbons (Fsp3) is 0.600. The minimum atomic E-state index is -3.56. The van der Waals surface area contributed by atoms with Gasteiger partial charge < -0.3 is 5.32 Å². The van der Waals surface area contributed by atoms with Gasteiger partial charge in [0.2, 0.25) is 15.9 Å². The molecule has 0 aliphatic carbocycles. The molecule has 33 heavy (non-hydrogen) atoms. The lowest BCUT2D eigenvalue weighted by atomic mass is 9.92. The number of rotatable bonds is 4. The number of aryl methyl sites for hydroxylation is 2. The lowest BCUT2D eigenvalue weighted by Crippen LogP contribution is -2.41. The number of sulfonamides is 1. The molecule has 7 nitrogen and oxygen atoms in total. The molecule has 0 spiro atoms. The first-order valence-electron chi connectivity index (χ1n) is 11.6. The summed E-state index contributed by atoms with van der Waals surface area (Å²) in [6.45, 7) is 17.0. The van der Waals surface area contributed by atoms with Gasteiger partial charge in [0, 0.05) is 30.5 Å². The molecule has 2 aromatic rings. The second-order valence-corrected chi connectivity index (χ2v) is 13.1. The van der Waals surface area contributed by atoms with E-state index >= 15 is 0 Å². The lowest BCUT2D eigenvalue weighted by molar-refractivity contribution is -0.121. The highest BCUT2D eigenvalue weighted by atomic mass is 32.2. The summed E-state index contributed by atoms with van der Waals surface area (Å²) in [6, 6.07) is 7.18. The highest BCUT2D eigenvalue weighted by Crippen LogP contribution is 2.30. The maximum atomic E-state index is 13.1. The first kappa shape index (κ1) is 25.4. The van der Waals surface area contributed by atoms with Crippen LogP contribution in [0, 0.1) is 19.8 Å². The van der Waals surface area contributed by atoms with Crippen molar-refractivity contribution in [1.82, 2.24) is 14.1 Å². The van der Waals surface area contributed by atoms with Gasteiger partial charge in [-0.3, -0.25) is 4.79 Å². The Balaban J connectivity index is 1.71. The van der Waals surface area contributed by atoms with Crippen molar-refractivity contribution in [2.75, 3.05) is 18.4 Å². The van der Waals surface area contributed by atoms with Crippen molar-refractivity contribution in [2.45, 2.75) is 84.1 Å². The van der Waals surface area contributed by atoms with E-state index in [1.807, 2.05) is 30.7 Å². The van der Waals surface area contributed by atoms with Gasteiger partial charge in [0.15, 0.2) is 0 Å². The number of amides is 1. The molecule has 1 aromatic heterocycles. The number of benzene rings is 1. The smallest absolute Gasteiger partial charge is 0.243 e. The van der Waals surface area contributed by atoms with Crippen molar-refractivity contribution in [3.63, 3.8) is 0 Å². The average Bonchev–Trinajstić information content (AvgIpc) is 3.15. The van der Waals surface area contributed by atoms with Gasteiger partial charge in [-0.15, -0.1) is 0 Å². The summed E-state index contributed by atoms with van der Waals surface area (Å²) < 4.78 is 29.5. The van der Waals surface area contributed by atoms with E-state index in [-0.39, 0.29) is 22.8 Å². The van der Waals surface area contributed by atoms with Crippen molar-refractivity contribution in [3.05, 3.63) is 41.1 Å². The largest absolute Gasteiger partial charge is 0.311 e. The summed E-state index contributed by atoms with van der Waals surface area (Å²) >= 11 is 0. The summed E-state index contributed by atoms with van der Waals surface area (Å²) in [5, 5.41) is 7.83. The third-order valence-corrected chi connectivity index (χ3v) is 8.20. The SMILES string of the molecule is Cc1ccc(S(=O)(=O)N2CCC(C(=O)Nc3cc(C(C)(C)C)nn3C(C)(C)C)CC2)cc1C. The first-order chi connectivity index (χ1) is 15.1. The van der Waals surface area contributed by atoms with Crippen LogP contribution in [0.15, 0.2) is 29.2 Å². The van der Waals surface area contributed by atoms with Crippen molar-refractivity contribution in [1.29, 1.82) is 0 Å². The number of hydrogen-bond acceptors (Lipinski definition) is 4. The molecule has 1 aliphatic heterocycles. The molecule has 0 atom stereocenters. The fourth-order valence-corrected chi connectivity index (χ4v) is 5.51. The second kappa shape index (κ2) is 8.87. The van der Waals surface area contributed by atoms with Crippen LogP contribution in [0.2, 0.25) is 0 Å². The van der Waals surface area contributed by atoms with Crippen LogP contribution in [0.25, 0.3) is 0 Å². The van der Waals surface area contributed by atoms with E-state index in [2.05, 4.69) is 46.9 Å². The maximum Gasteiger partial charge on any atom is 0.243 e. The molecule has 3 rings (SSSR count). The normalized spacial score (nSPS) is 16.7. The standard InChI is InChI=1S/C25H38N4O3S/c1-17-9-10-20(15-18(17)2)33(31,32)28-13-11-19(12-14-28)23(30)26-22-16-21(24(3,4)5)27-29(22)25(6,7)8/h9-10,15-16,19H,11-14H2,1-8H3,(H,26,30). The Bertz CT molecular complexity index is 1130. The van der Waals surface area contributed by atoms with Gasteiger partial charge in [0.25, 0.3) is 0 Å². The minimum Gasteiger partial charge on any atom is -0.311 e. The highest BCUT2D eigenvalue weighted by molar-refractivity contribution is 7.89. The molecule has 0 bridgehead atoms. The number of anilines is 1. The number of hydrogen-bond donors (Lipinski definition) is 1. The third-order valence-electron chi connectivity index (χ3n) is 6.31. The van der Waals surface area contributed by atoms with E-state index in [0.29, 0.717) is 36.6 Å². The van der Waals surface area contributed by atoms with Gasteiger partial charge in [-0.05, 0) is 70.7 Å². The Labute approximate surface area is 198 Å². The van der Waals surface area contributed by atoms with E-state index in [1.54, 1.807) is 12.1 Å². The van der Waals surface area contributed by atoms with Crippen molar-refractivity contribution in [3.8, 4) is 0 Å². The summed E-state index contributed by atoms with van der Waals surface area (Å²) in [7, 11) is -3.56. The van der Waals surface area contributed by atoms with Gasteiger partial charge in [0.05, 0.1) is 16.1 Å². The Kier molecular flexibility index (Phi) is 6.84. The van der Waals surface area contributed by atoms with Gasteiger partial charge in [-0.25, -0.2) is 13.1 Å². The number of aromatic nitrogens is 2. The van der Waals surface area contributed by atoms with Crippen LogP contribution in [0.4, 0.5) is 5.82 Å². The summed E-state index contributed by atoms with van der Waals surface area (Å²) in [6.07, 6.45) is 0.984. The average molecular weight is 475 g/mol. The zero-order valence-corrected chi connectivity index (χ0v) is 22.0. The molecule has 1 aliphatic rings. The predicted molar refractivity (Wildman–Crippen MR) is 132 cm³/mol. The molecule has 1 N–H and O–H groups in total. The van der Waals surface area contributed by atoms with E-state index in [1.165, 1.54) is 4.31 Å². The number of carbonyl (C=O) groups excluding carboxylic acids is 1. The van der Waals surface area contributed by atoms with E-state index in [9.17, 15) is 13.2 Å². The topological polar surface area (TPSA) is 84.3 Å². The maximum absolute atomic E-state index is 13.1. The van der Waals surface area contributed by atoms with Gasteiger partial charge in [0.1, 0.15) is 5.82 Å². The summed E-state index contributed by atoms with van der Waals surface area (Å²) in [4.78, 5) is 13.4. The van der Waals surface area contributed by atoms with E-state index in [4.69, 9.17) is 5.10 Å². The van der Waals surface area contributed by atoms with Crippen LogP contribution >= 0.6 is 0 Å². The lowest BCUT2D eigenvalue weighted by Gasteiger charge is -2.31. The Morgan fingerprint density at radius 1 is 1.00 bits per heavy atom. The van der Waals surface area contributed by atoms with Crippen molar-refractivity contribution >= 4 is 21.7 Å². The molecule has 8 heteroatoms. The second-order valence-electron chi connectivity index (χ2n) is 11.2. The minimum absolute atomic E-state index is 0.0795. The molecular weight excluding hydrogens is 436 g/mol. The molecule has 1 amide bonds. The van der Waals surface area contributed by atoms with E-state index < -0.39 is 10.0 Å². The van der Waals surface area contributed by atoms with Crippen molar-refractivity contribution < 1.29 is 13.2 Å². The third kappa shape index (κ3) is 5.49. The van der Waals surface area contributed by atoms with Gasteiger partial charge >= 0.3 is 0 Å². The van der Waals surface area contributed by atoms with Crippen LogP contribution in [-0.4, -0.2) is 41.5 Å². The Hall–Kier alpha value is -2.19. The summed E-state index contributed by atoms with van der Waals surface area (Å²) in [5.74, 6) is 0.365. The predicted octanol–water partition coefficient (Wildman–Crippen LogP) is 4.59. The van der Waals surface area contributed by atoms with Crippen LogP contribution in [0.5, 0.6) is 0 Å². The molecular formula is C25H38N4O3S. The van der Waals surface area contributed by atoms with E-state index in [0.717, 1.165) is 16.8 Å². The number of nitrogens with one attached hydrogen (secondary N) is 1. The zero-order valence-electron chi connectivity index (χ0n) is 21.2. The molecule has 2 heterocycles. The quantitative estimate of drug-likeness (QED) is 0.702. The van der Waals surface area contributed by atoms with Gasteiger partial charge in [-0.1, -0.05) is 26.8 Å². The number of piperidine rings is 1. The summed E-state index contributed by atoms with van der Waals surface area (Å²) in [5.41, 5.74) is 2.52. The highest BCUT2D eigenvalue weighted by Gasteiger charge is 2.33. The van der Waals surface area contributed by atoms with Gasteiger partial charge in [-0.2, -0.15) is 9.40 Å². The molecule has 182 valence electrons. The zero-order chi connectivity index (χ0) is 24.8. The molecule has 0 radical (unpaired) electrons. The van der Waals surface area contributed by atoms with Crippen LogP contribution < -0.4 is 5.32 Å². The first-order valence-corrected chi connectivity index (χ1v) is 13.0. The van der Waals surface area contributed by atoms with Crippen LogP contribution in [-0.2, 0) is 25.8 Å².